The molecular formula is C19H22O3Se. The topological polar surface area (TPSA) is 35.5 Å². The van der Waals surface area contributed by atoms with E-state index in [0.29, 0.717) is 25.1 Å². The van der Waals surface area contributed by atoms with Gasteiger partial charge in [-0.25, -0.2) is 0 Å². The van der Waals surface area contributed by atoms with Gasteiger partial charge in [0.1, 0.15) is 0 Å². The van der Waals surface area contributed by atoms with Gasteiger partial charge in [-0.05, 0) is 0 Å². The molecule has 0 spiro atoms. The molecule has 1 atom stereocenters. The van der Waals surface area contributed by atoms with Crippen LogP contribution in [-0.2, 0) is 20.9 Å². The second-order valence-electron chi connectivity index (χ2n) is 5.03. The van der Waals surface area contributed by atoms with E-state index in [1.807, 2.05) is 43.3 Å². The average molecular weight is 377 g/mol. The Morgan fingerprint density at radius 2 is 1.70 bits per heavy atom. The van der Waals surface area contributed by atoms with Crippen molar-refractivity contribution in [3.8, 4) is 0 Å². The Bertz CT molecular complexity index is 572. The maximum absolute atomic E-state index is 11.8. The number of hydrogen-bond acceptors (Lipinski definition) is 3. The zero-order valence-electron chi connectivity index (χ0n) is 13.3. The third-order valence-electron chi connectivity index (χ3n) is 3.29. The Kier molecular flexibility index (Phi) is 7.88. The zero-order chi connectivity index (χ0) is 16.3. The average Bonchev–Trinajstić information content (AvgIpc) is 2.59. The van der Waals surface area contributed by atoms with Gasteiger partial charge in [0.2, 0.25) is 0 Å². The van der Waals surface area contributed by atoms with Crippen LogP contribution in [0, 0.1) is 0 Å². The molecule has 0 aliphatic carbocycles. The fourth-order valence-corrected chi connectivity index (χ4v) is 4.16. The van der Waals surface area contributed by atoms with E-state index in [2.05, 4.69) is 24.3 Å². The normalized spacial score (nSPS) is 11.9. The van der Waals surface area contributed by atoms with Crippen molar-refractivity contribution in [2.24, 2.45) is 0 Å². The number of benzene rings is 2. The molecule has 0 heterocycles. The molecule has 0 amide bonds. The van der Waals surface area contributed by atoms with Crippen LogP contribution in [0.4, 0.5) is 0 Å². The summed E-state index contributed by atoms with van der Waals surface area (Å²) in [4.78, 5) is 12.0. The quantitative estimate of drug-likeness (QED) is 0.381. The molecule has 122 valence electrons. The van der Waals surface area contributed by atoms with Crippen molar-refractivity contribution in [3.05, 3.63) is 71.8 Å². The van der Waals surface area contributed by atoms with Gasteiger partial charge in [0.25, 0.3) is 0 Å². The summed E-state index contributed by atoms with van der Waals surface area (Å²) in [6.07, 6.45) is 0.423. The molecule has 0 aromatic heterocycles. The molecule has 0 N–H and O–H groups in total. The van der Waals surface area contributed by atoms with E-state index < -0.39 is 0 Å². The molecule has 0 aliphatic heterocycles. The van der Waals surface area contributed by atoms with Gasteiger partial charge in [-0.1, -0.05) is 0 Å². The number of hydrogen-bond donors (Lipinski definition) is 0. The van der Waals surface area contributed by atoms with Gasteiger partial charge in [-0.3, -0.25) is 0 Å². The Labute approximate surface area is 144 Å². The van der Waals surface area contributed by atoms with Crippen LogP contribution >= 0.6 is 0 Å². The first-order valence-corrected chi connectivity index (χ1v) is 9.93. The first-order valence-electron chi connectivity index (χ1n) is 7.73. The number of rotatable bonds is 9. The summed E-state index contributed by atoms with van der Waals surface area (Å²) in [5.41, 5.74) is 3.04. The van der Waals surface area contributed by atoms with Crippen molar-refractivity contribution in [2.75, 3.05) is 12.1 Å². The summed E-state index contributed by atoms with van der Waals surface area (Å²) >= 11 is 0.183. The van der Waals surface area contributed by atoms with E-state index in [9.17, 15) is 4.79 Å². The second-order valence-corrected chi connectivity index (χ2v) is 7.41. The van der Waals surface area contributed by atoms with Crippen LogP contribution in [0.15, 0.2) is 60.7 Å². The van der Waals surface area contributed by atoms with Crippen LogP contribution in [0.1, 0.15) is 29.3 Å². The minimum absolute atomic E-state index is 0.133. The van der Waals surface area contributed by atoms with Gasteiger partial charge < -0.3 is 0 Å². The third kappa shape index (κ3) is 6.57. The molecule has 4 heteroatoms. The van der Waals surface area contributed by atoms with E-state index in [1.165, 1.54) is 11.1 Å². The summed E-state index contributed by atoms with van der Waals surface area (Å²) in [5, 5.41) is 0. The molecule has 0 saturated carbocycles. The van der Waals surface area contributed by atoms with Crippen LogP contribution in [-0.4, -0.2) is 33.0 Å². The van der Waals surface area contributed by atoms with E-state index in [1.54, 1.807) is 0 Å². The summed E-state index contributed by atoms with van der Waals surface area (Å²) < 4.78 is 10.9. The summed E-state index contributed by atoms with van der Waals surface area (Å²) in [6, 6.07) is 20.3. The molecule has 2 aromatic rings. The molecule has 0 fully saturated rings. The molecule has 0 radical (unpaired) electrons. The predicted octanol–water partition coefficient (Wildman–Crippen LogP) is 3.56. The van der Waals surface area contributed by atoms with Crippen molar-refractivity contribution in [1.29, 1.82) is 0 Å². The first-order chi connectivity index (χ1) is 11.3. The molecule has 0 bridgehead atoms. The van der Waals surface area contributed by atoms with Gasteiger partial charge in [0.05, 0.1) is 0 Å². The van der Waals surface area contributed by atoms with Crippen LogP contribution in [0.25, 0.3) is 0 Å². The molecular weight excluding hydrogens is 355 g/mol. The summed E-state index contributed by atoms with van der Waals surface area (Å²) in [5.74, 6) is -0.133. The number of ether oxygens (including phenoxy) is 2. The van der Waals surface area contributed by atoms with E-state index in [-0.39, 0.29) is 25.7 Å². The molecule has 2 rings (SSSR count). The maximum atomic E-state index is 11.8. The third-order valence-corrected chi connectivity index (χ3v) is 5.69. The second kappa shape index (κ2) is 10.2. The van der Waals surface area contributed by atoms with Gasteiger partial charge >= 0.3 is 144 Å². The van der Waals surface area contributed by atoms with Gasteiger partial charge in [0, 0.05) is 0 Å². The van der Waals surface area contributed by atoms with Crippen molar-refractivity contribution in [1.82, 2.24) is 0 Å². The molecule has 1 unspecified atom stereocenters. The Balaban J connectivity index is 1.86. The van der Waals surface area contributed by atoms with Gasteiger partial charge in [-0.15, -0.1) is 0 Å². The van der Waals surface area contributed by atoms with Crippen LogP contribution < -0.4 is 0 Å². The van der Waals surface area contributed by atoms with Crippen LogP contribution in [0.5, 0.6) is 0 Å². The molecule has 3 nitrogen and oxygen atoms in total. The fourth-order valence-electron chi connectivity index (χ4n) is 2.18. The zero-order valence-corrected chi connectivity index (χ0v) is 15.0. The Morgan fingerprint density at radius 3 is 2.35 bits per heavy atom. The van der Waals surface area contributed by atoms with E-state index in [0.717, 1.165) is 0 Å². The number of carbonyl (C=O) groups excluding carboxylic acids is 1. The number of esters is 1. The summed E-state index contributed by atoms with van der Waals surface area (Å²) in [6.45, 7) is 2.88. The van der Waals surface area contributed by atoms with Crippen molar-refractivity contribution < 1.29 is 14.3 Å². The van der Waals surface area contributed by atoms with Crippen LogP contribution in [0.2, 0.25) is 0 Å². The van der Waals surface area contributed by atoms with Crippen LogP contribution in [0.3, 0.4) is 0 Å². The van der Waals surface area contributed by atoms with Gasteiger partial charge in [-0.2, -0.15) is 0 Å². The van der Waals surface area contributed by atoms with E-state index >= 15 is 0 Å². The van der Waals surface area contributed by atoms with E-state index in [4.69, 9.17) is 9.47 Å². The van der Waals surface area contributed by atoms with Crippen molar-refractivity contribution >= 4 is 20.9 Å². The monoisotopic (exact) mass is 378 g/mol. The van der Waals surface area contributed by atoms with Crippen molar-refractivity contribution in [2.45, 2.75) is 24.8 Å². The molecule has 2 aromatic carbocycles. The Morgan fingerprint density at radius 1 is 1.04 bits per heavy atom. The SMILES string of the molecule is CCOC(=O)CC([Se]COCc1ccccc1)c1ccccc1. The Hall–Kier alpha value is -1.61. The van der Waals surface area contributed by atoms with Gasteiger partial charge in [0.15, 0.2) is 0 Å². The fraction of sp³-hybridized carbons (Fsp3) is 0.316. The molecule has 0 aliphatic rings. The summed E-state index contributed by atoms with van der Waals surface area (Å²) in [7, 11) is 0. The predicted molar refractivity (Wildman–Crippen MR) is 92.3 cm³/mol. The first kappa shape index (κ1) is 17.7. The molecule has 23 heavy (non-hydrogen) atoms. The van der Waals surface area contributed by atoms with Crippen molar-refractivity contribution in [3.63, 3.8) is 0 Å². The minimum atomic E-state index is -0.133. The number of carbonyl (C=O) groups is 1. The molecule has 0 saturated heterocycles. The standard InChI is InChI=1S/C19H22O3Se/c1-2-22-19(20)13-18(17-11-7-4-8-12-17)23-15-21-14-16-9-5-3-6-10-16/h3-12,18H,2,13-15H2,1H3.